The van der Waals surface area contributed by atoms with Gasteiger partial charge in [-0.1, -0.05) is 43.5 Å². The van der Waals surface area contributed by atoms with Gasteiger partial charge in [-0.25, -0.2) is 0 Å². The molecule has 1 aromatic carbocycles. The van der Waals surface area contributed by atoms with Crippen LogP contribution in [-0.4, -0.2) is 61.0 Å². The van der Waals surface area contributed by atoms with Crippen molar-refractivity contribution in [2.75, 3.05) is 33.8 Å². The molecule has 6 heteroatoms. The number of amides is 2. The fourth-order valence-corrected chi connectivity index (χ4v) is 5.64. The summed E-state index contributed by atoms with van der Waals surface area (Å²) in [6.45, 7) is 1.26. The van der Waals surface area contributed by atoms with Crippen LogP contribution in [-0.2, 0) is 20.7 Å². The first-order valence-electron chi connectivity index (χ1n) is 11.3. The van der Waals surface area contributed by atoms with Crippen molar-refractivity contribution in [1.82, 2.24) is 9.80 Å². The van der Waals surface area contributed by atoms with Crippen LogP contribution < -0.4 is 0 Å². The molecule has 1 aliphatic heterocycles. The maximum absolute atomic E-state index is 13.4. The first-order chi connectivity index (χ1) is 15.0. The molecule has 2 heterocycles. The number of nitrogens with zero attached hydrogens (tertiary/aromatic N) is 2. The van der Waals surface area contributed by atoms with Crippen LogP contribution in [0.1, 0.15) is 37.7 Å². The van der Waals surface area contributed by atoms with E-state index < -0.39 is 5.60 Å². The van der Waals surface area contributed by atoms with E-state index in [1.54, 1.807) is 30.3 Å². The monoisotopic (exact) mass is 440 g/mol. The minimum Gasteiger partial charge on any atom is -0.361 e. The lowest BCUT2D eigenvalue weighted by molar-refractivity contribution is -0.174. The van der Waals surface area contributed by atoms with Gasteiger partial charge in [0.05, 0.1) is 13.2 Å². The Bertz CT molecular complexity index is 905. The van der Waals surface area contributed by atoms with Crippen molar-refractivity contribution in [2.24, 2.45) is 5.92 Å². The van der Waals surface area contributed by atoms with Crippen molar-refractivity contribution in [3.05, 3.63) is 46.7 Å². The van der Waals surface area contributed by atoms with Gasteiger partial charge in [-0.15, -0.1) is 0 Å². The maximum Gasteiger partial charge on any atom is 0.256 e. The van der Waals surface area contributed by atoms with E-state index in [2.05, 4.69) is 29.0 Å². The molecule has 0 N–H and O–H groups in total. The fraction of sp³-hybridized carbons (Fsp3) is 0.520. The van der Waals surface area contributed by atoms with Gasteiger partial charge in [-0.05, 0) is 46.4 Å². The second kappa shape index (κ2) is 9.53. The molecule has 1 atom stereocenters. The number of likely N-dealkylation sites (N-methyl/N-ethyl adjacent to an activating group) is 1. The van der Waals surface area contributed by atoms with Crippen LogP contribution in [0.3, 0.4) is 0 Å². The van der Waals surface area contributed by atoms with E-state index in [9.17, 15) is 9.59 Å². The summed E-state index contributed by atoms with van der Waals surface area (Å²) in [5.41, 5.74) is 2.29. The molecule has 166 valence electrons. The van der Waals surface area contributed by atoms with Crippen LogP contribution in [0.4, 0.5) is 0 Å². The van der Waals surface area contributed by atoms with Gasteiger partial charge in [-0.2, -0.15) is 11.3 Å². The van der Waals surface area contributed by atoms with E-state index in [-0.39, 0.29) is 17.7 Å². The summed E-state index contributed by atoms with van der Waals surface area (Å²) in [5.74, 6) is 0.218. The highest BCUT2D eigenvalue weighted by Crippen LogP contribution is 2.33. The van der Waals surface area contributed by atoms with Crippen LogP contribution in [0.2, 0.25) is 0 Å². The summed E-state index contributed by atoms with van der Waals surface area (Å²) in [4.78, 5) is 30.2. The highest BCUT2D eigenvalue weighted by atomic mass is 32.1. The van der Waals surface area contributed by atoms with Crippen molar-refractivity contribution in [2.45, 2.75) is 44.1 Å². The van der Waals surface area contributed by atoms with E-state index in [0.717, 1.165) is 42.4 Å². The number of ether oxygens (including phenoxy) is 1. The Hall–Kier alpha value is -2.18. The predicted octanol–water partition coefficient (Wildman–Crippen LogP) is 4.22. The molecule has 4 rings (SSSR count). The van der Waals surface area contributed by atoms with Crippen LogP contribution in [0.5, 0.6) is 0 Å². The SMILES string of the molecule is CN(C)C(=O)C1(Cc2ccccc2-c2ccsc2)CN(C(=O)C2CCCCC2)CCO1. The molecule has 0 bridgehead atoms. The van der Waals surface area contributed by atoms with Crippen LogP contribution >= 0.6 is 11.3 Å². The molecule has 2 fully saturated rings. The van der Waals surface area contributed by atoms with E-state index in [0.29, 0.717) is 26.1 Å². The van der Waals surface area contributed by atoms with Crippen molar-refractivity contribution in [3.8, 4) is 11.1 Å². The number of morpholine rings is 1. The summed E-state index contributed by atoms with van der Waals surface area (Å²) in [7, 11) is 3.53. The van der Waals surface area contributed by atoms with Gasteiger partial charge in [0.25, 0.3) is 5.91 Å². The molecule has 31 heavy (non-hydrogen) atoms. The Morgan fingerprint density at radius 3 is 2.65 bits per heavy atom. The molecule has 5 nitrogen and oxygen atoms in total. The lowest BCUT2D eigenvalue weighted by atomic mass is 9.85. The zero-order valence-electron chi connectivity index (χ0n) is 18.5. The number of hydrogen-bond donors (Lipinski definition) is 0. The van der Waals surface area contributed by atoms with E-state index >= 15 is 0 Å². The van der Waals surface area contributed by atoms with Crippen molar-refractivity contribution >= 4 is 23.2 Å². The summed E-state index contributed by atoms with van der Waals surface area (Å²) >= 11 is 1.66. The van der Waals surface area contributed by atoms with Gasteiger partial charge in [0.1, 0.15) is 0 Å². The highest BCUT2D eigenvalue weighted by Gasteiger charge is 2.47. The Morgan fingerprint density at radius 1 is 1.16 bits per heavy atom. The van der Waals surface area contributed by atoms with Gasteiger partial charge >= 0.3 is 0 Å². The van der Waals surface area contributed by atoms with Gasteiger partial charge in [0, 0.05) is 33.0 Å². The lowest BCUT2D eigenvalue weighted by Crippen LogP contribution is -2.62. The molecular formula is C25H32N2O3S. The Balaban J connectivity index is 1.64. The van der Waals surface area contributed by atoms with Crippen LogP contribution in [0.15, 0.2) is 41.1 Å². The third-order valence-corrected chi connectivity index (χ3v) is 7.26. The predicted molar refractivity (Wildman–Crippen MR) is 124 cm³/mol. The summed E-state index contributed by atoms with van der Waals surface area (Å²) < 4.78 is 6.25. The standard InChI is InChI=1S/C25H32N2O3S/c1-26(2)24(29)25(16-20-10-6-7-11-22(20)21-12-15-31-17-21)18-27(13-14-30-25)23(28)19-8-4-3-5-9-19/h6-7,10-12,15,17,19H,3-5,8-9,13-14,16,18H2,1-2H3. The van der Waals surface area contributed by atoms with E-state index in [1.165, 1.54) is 6.42 Å². The average molecular weight is 441 g/mol. The molecule has 1 saturated heterocycles. The minimum absolute atomic E-state index is 0.0752. The van der Waals surface area contributed by atoms with Crippen molar-refractivity contribution < 1.29 is 14.3 Å². The smallest absolute Gasteiger partial charge is 0.256 e. The normalized spacial score (nSPS) is 22.3. The number of carbonyl (C=O) groups excluding carboxylic acids is 2. The summed E-state index contributed by atoms with van der Waals surface area (Å²) in [6.07, 6.45) is 5.84. The molecule has 1 saturated carbocycles. The van der Waals surface area contributed by atoms with Gasteiger partial charge < -0.3 is 14.5 Å². The molecule has 1 unspecified atom stereocenters. The third-order valence-electron chi connectivity index (χ3n) is 6.57. The molecule has 1 aromatic heterocycles. The number of carbonyl (C=O) groups is 2. The summed E-state index contributed by atoms with van der Waals surface area (Å²) in [6, 6.07) is 10.3. The van der Waals surface area contributed by atoms with Crippen LogP contribution in [0, 0.1) is 5.92 Å². The zero-order valence-corrected chi connectivity index (χ0v) is 19.3. The Labute approximate surface area is 189 Å². The molecule has 0 radical (unpaired) electrons. The maximum atomic E-state index is 13.4. The quantitative estimate of drug-likeness (QED) is 0.699. The number of rotatable bonds is 5. The molecule has 2 amide bonds. The molecule has 2 aliphatic rings. The van der Waals surface area contributed by atoms with E-state index in [1.807, 2.05) is 17.0 Å². The molecule has 0 spiro atoms. The Kier molecular flexibility index (Phi) is 6.77. The van der Waals surface area contributed by atoms with Crippen molar-refractivity contribution in [1.29, 1.82) is 0 Å². The zero-order chi connectivity index (χ0) is 21.8. The second-order valence-electron chi connectivity index (χ2n) is 8.98. The number of benzene rings is 1. The average Bonchev–Trinajstić information content (AvgIpc) is 3.34. The van der Waals surface area contributed by atoms with E-state index in [4.69, 9.17) is 4.74 Å². The lowest BCUT2D eigenvalue weighted by Gasteiger charge is -2.44. The molecule has 2 aromatic rings. The van der Waals surface area contributed by atoms with Gasteiger partial charge in [-0.3, -0.25) is 9.59 Å². The third kappa shape index (κ3) is 4.70. The first-order valence-corrected chi connectivity index (χ1v) is 12.2. The topological polar surface area (TPSA) is 49.9 Å². The fourth-order valence-electron chi connectivity index (χ4n) is 4.98. The molecular weight excluding hydrogens is 408 g/mol. The van der Waals surface area contributed by atoms with Crippen molar-refractivity contribution in [3.63, 3.8) is 0 Å². The second-order valence-corrected chi connectivity index (χ2v) is 9.76. The first kappa shape index (κ1) is 22.0. The largest absolute Gasteiger partial charge is 0.361 e. The number of hydrogen-bond acceptors (Lipinski definition) is 4. The number of thiophene rings is 1. The van der Waals surface area contributed by atoms with Crippen LogP contribution in [0.25, 0.3) is 11.1 Å². The van der Waals surface area contributed by atoms with Gasteiger partial charge in [0.15, 0.2) is 5.60 Å². The minimum atomic E-state index is -1.06. The summed E-state index contributed by atoms with van der Waals surface area (Å²) in [5, 5.41) is 4.19. The Morgan fingerprint density at radius 2 is 1.94 bits per heavy atom. The molecule has 1 aliphatic carbocycles. The highest BCUT2D eigenvalue weighted by molar-refractivity contribution is 7.08. The van der Waals surface area contributed by atoms with Gasteiger partial charge in [0.2, 0.25) is 5.91 Å².